The van der Waals surface area contributed by atoms with Crippen LogP contribution in [0.5, 0.6) is 11.5 Å². The lowest BCUT2D eigenvalue weighted by Crippen LogP contribution is -2.52. The maximum absolute atomic E-state index is 12.9. The average molecular weight is 426 g/mol. The molecule has 3 rings (SSSR count). The van der Waals surface area contributed by atoms with E-state index in [0.29, 0.717) is 23.1 Å². The summed E-state index contributed by atoms with van der Waals surface area (Å²) in [6.45, 7) is 11.0. The Labute approximate surface area is 186 Å². The Morgan fingerprint density at radius 1 is 0.968 bits per heavy atom. The largest absolute Gasteiger partial charge is 0.497 e. The van der Waals surface area contributed by atoms with E-state index in [-0.39, 0.29) is 11.9 Å². The molecule has 0 spiro atoms. The number of anilines is 1. The summed E-state index contributed by atoms with van der Waals surface area (Å²) in [6.07, 6.45) is 0. The topological polar surface area (TPSA) is 54.0 Å². The third-order valence-electron chi connectivity index (χ3n) is 6.05. The van der Waals surface area contributed by atoms with Gasteiger partial charge in [0.25, 0.3) is 0 Å². The van der Waals surface area contributed by atoms with Crippen LogP contribution in [0.3, 0.4) is 0 Å². The van der Waals surface area contributed by atoms with E-state index in [2.05, 4.69) is 53.2 Å². The average Bonchev–Trinajstić information content (AvgIpc) is 2.79. The van der Waals surface area contributed by atoms with Gasteiger partial charge in [0, 0.05) is 38.8 Å². The fourth-order valence-electron chi connectivity index (χ4n) is 3.89. The van der Waals surface area contributed by atoms with Gasteiger partial charge in [-0.3, -0.25) is 14.6 Å². The molecule has 6 heteroatoms. The summed E-state index contributed by atoms with van der Waals surface area (Å²) in [7, 11) is 3.20. The zero-order valence-corrected chi connectivity index (χ0v) is 19.4. The molecule has 0 aromatic heterocycles. The number of carbonyl (C=O) groups excluding carboxylic acids is 1. The Kier molecular flexibility index (Phi) is 7.93. The second kappa shape index (κ2) is 10.6. The number of rotatable bonds is 8. The molecule has 1 atom stereocenters. The van der Waals surface area contributed by atoms with Crippen molar-refractivity contribution in [3.05, 3.63) is 53.6 Å². The van der Waals surface area contributed by atoms with E-state index < -0.39 is 0 Å². The van der Waals surface area contributed by atoms with Crippen LogP contribution in [0.4, 0.5) is 5.69 Å². The van der Waals surface area contributed by atoms with Gasteiger partial charge in [0.05, 0.1) is 25.9 Å². The molecule has 1 aliphatic rings. The first-order valence-corrected chi connectivity index (χ1v) is 11.0. The van der Waals surface area contributed by atoms with Crippen LogP contribution >= 0.6 is 0 Å². The highest BCUT2D eigenvalue weighted by molar-refractivity contribution is 5.96. The van der Waals surface area contributed by atoms with E-state index in [1.165, 1.54) is 11.1 Å². The van der Waals surface area contributed by atoms with Gasteiger partial charge in [-0.15, -0.1) is 0 Å². The summed E-state index contributed by atoms with van der Waals surface area (Å²) >= 11 is 0. The lowest BCUT2D eigenvalue weighted by Gasteiger charge is -2.37. The highest BCUT2D eigenvalue weighted by atomic mass is 16.5. The summed E-state index contributed by atoms with van der Waals surface area (Å²) in [5.41, 5.74) is 3.34. The molecule has 1 N–H and O–H groups in total. The number of hydrogen-bond donors (Lipinski definition) is 1. The fraction of sp³-hybridized carbons (Fsp3) is 0.480. The fourth-order valence-corrected chi connectivity index (χ4v) is 3.89. The summed E-state index contributed by atoms with van der Waals surface area (Å²) in [6, 6.07) is 14.1. The van der Waals surface area contributed by atoms with Crippen LogP contribution < -0.4 is 14.8 Å². The second-order valence-electron chi connectivity index (χ2n) is 8.44. The highest BCUT2D eigenvalue weighted by Gasteiger charge is 2.26. The van der Waals surface area contributed by atoms with E-state index in [9.17, 15) is 4.79 Å². The molecule has 1 saturated heterocycles. The summed E-state index contributed by atoms with van der Waals surface area (Å²) in [4.78, 5) is 17.6. The van der Waals surface area contributed by atoms with Gasteiger partial charge < -0.3 is 14.8 Å². The molecule has 6 nitrogen and oxygen atoms in total. The maximum atomic E-state index is 12.9. The van der Waals surface area contributed by atoms with Gasteiger partial charge in [-0.25, -0.2) is 0 Å². The van der Waals surface area contributed by atoms with Crippen LogP contribution in [0, 0.1) is 0 Å². The Bertz CT molecular complexity index is 859. The van der Waals surface area contributed by atoms with Crippen LogP contribution in [-0.2, 0) is 11.3 Å². The standard InChI is InChI=1S/C25H35N3O3/c1-18(2)21-8-6-20(7-9-21)17-27-12-14-28(15-13-27)19(3)25(29)26-23-16-22(30-4)10-11-24(23)31-5/h6-11,16,18-19H,12-15,17H2,1-5H3,(H,26,29)/t19-/m1/s1. The normalized spacial score (nSPS) is 16.2. The molecular formula is C25H35N3O3. The Balaban J connectivity index is 1.52. The van der Waals surface area contributed by atoms with Crippen molar-refractivity contribution in [2.24, 2.45) is 0 Å². The smallest absolute Gasteiger partial charge is 0.241 e. The molecule has 31 heavy (non-hydrogen) atoms. The molecule has 0 unspecified atom stereocenters. The Morgan fingerprint density at radius 2 is 1.65 bits per heavy atom. The monoisotopic (exact) mass is 425 g/mol. The minimum atomic E-state index is -0.219. The highest BCUT2D eigenvalue weighted by Crippen LogP contribution is 2.29. The molecule has 1 amide bonds. The third kappa shape index (κ3) is 5.99. The number of nitrogens with zero attached hydrogens (tertiary/aromatic N) is 2. The van der Waals surface area contributed by atoms with Crippen molar-refractivity contribution in [1.82, 2.24) is 9.80 Å². The first-order valence-electron chi connectivity index (χ1n) is 11.0. The van der Waals surface area contributed by atoms with Gasteiger partial charge in [-0.05, 0) is 36.1 Å². The zero-order chi connectivity index (χ0) is 22.4. The minimum absolute atomic E-state index is 0.0377. The summed E-state index contributed by atoms with van der Waals surface area (Å²) in [5, 5.41) is 3.00. The molecular weight excluding hydrogens is 390 g/mol. The van der Waals surface area contributed by atoms with E-state index in [0.717, 1.165) is 32.7 Å². The molecule has 168 valence electrons. The quantitative estimate of drug-likeness (QED) is 0.694. The second-order valence-corrected chi connectivity index (χ2v) is 8.44. The van der Waals surface area contributed by atoms with Gasteiger partial charge >= 0.3 is 0 Å². The van der Waals surface area contributed by atoms with Gasteiger partial charge in [0.15, 0.2) is 0 Å². The number of nitrogens with one attached hydrogen (secondary N) is 1. The third-order valence-corrected chi connectivity index (χ3v) is 6.05. The number of amides is 1. The van der Waals surface area contributed by atoms with Crippen LogP contribution in [-0.4, -0.2) is 62.1 Å². The number of methoxy groups -OCH3 is 2. The number of piperazine rings is 1. The van der Waals surface area contributed by atoms with Gasteiger partial charge in [0.1, 0.15) is 11.5 Å². The number of ether oxygens (including phenoxy) is 2. The predicted octanol–water partition coefficient (Wildman–Crippen LogP) is 3.97. The maximum Gasteiger partial charge on any atom is 0.241 e. The van der Waals surface area contributed by atoms with E-state index >= 15 is 0 Å². The van der Waals surface area contributed by atoms with Crippen LogP contribution in [0.15, 0.2) is 42.5 Å². The molecule has 1 heterocycles. The SMILES string of the molecule is COc1ccc(OC)c(NC(=O)[C@@H](C)N2CCN(Cc3ccc(C(C)C)cc3)CC2)c1. The van der Waals surface area contributed by atoms with Gasteiger partial charge in [0.2, 0.25) is 5.91 Å². The van der Waals surface area contributed by atoms with Crippen LogP contribution in [0.1, 0.15) is 37.8 Å². The van der Waals surface area contributed by atoms with Crippen LogP contribution in [0.2, 0.25) is 0 Å². The van der Waals surface area contributed by atoms with E-state index in [1.807, 2.05) is 13.0 Å². The van der Waals surface area contributed by atoms with Gasteiger partial charge in [-0.2, -0.15) is 0 Å². The van der Waals surface area contributed by atoms with Crippen molar-refractivity contribution in [1.29, 1.82) is 0 Å². The minimum Gasteiger partial charge on any atom is -0.497 e. The van der Waals surface area contributed by atoms with Crippen molar-refractivity contribution in [2.45, 2.75) is 39.3 Å². The molecule has 0 bridgehead atoms. The molecule has 1 fully saturated rings. The van der Waals surface area contributed by atoms with Crippen molar-refractivity contribution in [3.63, 3.8) is 0 Å². The van der Waals surface area contributed by atoms with E-state index in [4.69, 9.17) is 9.47 Å². The first kappa shape index (κ1) is 23.1. The Hall–Kier alpha value is -2.57. The van der Waals surface area contributed by atoms with Crippen molar-refractivity contribution < 1.29 is 14.3 Å². The van der Waals surface area contributed by atoms with Crippen molar-refractivity contribution in [3.8, 4) is 11.5 Å². The molecule has 1 aliphatic heterocycles. The first-order chi connectivity index (χ1) is 14.9. The number of carbonyl (C=O) groups is 1. The summed E-state index contributed by atoms with van der Waals surface area (Å²) < 4.78 is 10.6. The molecule has 0 radical (unpaired) electrons. The van der Waals surface area contributed by atoms with Crippen molar-refractivity contribution in [2.75, 3.05) is 45.7 Å². The van der Waals surface area contributed by atoms with Gasteiger partial charge in [-0.1, -0.05) is 38.1 Å². The molecule has 2 aromatic rings. The molecule has 0 aliphatic carbocycles. The van der Waals surface area contributed by atoms with Crippen LogP contribution in [0.25, 0.3) is 0 Å². The predicted molar refractivity (Wildman–Crippen MR) is 125 cm³/mol. The molecule has 0 saturated carbocycles. The Morgan fingerprint density at radius 3 is 2.23 bits per heavy atom. The zero-order valence-electron chi connectivity index (χ0n) is 19.4. The number of benzene rings is 2. The van der Waals surface area contributed by atoms with E-state index in [1.54, 1.807) is 26.4 Å². The number of hydrogen-bond acceptors (Lipinski definition) is 5. The summed E-state index contributed by atoms with van der Waals surface area (Å²) in [5.74, 6) is 1.82. The lowest BCUT2D eigenvalue weighted by molar-refractivity contribution is -0.121. The van der Waals surface area contributed by atoms with Crippen molar-refractivity contribution >= 4 is 11.6 Å². The molecule has 2 aromatic carbocycles. The lowest BCUT2D eigenvalue weighted by atomic mass is 10.0.